The number of benzene rings is 1. The molecule has 1 aliphatic heterocycles. The van der Waals surface area contributed by atoms with E-state index in [4.69, 9.17) is 9.72 Å². The third-order valence-electron chi connectivity index (χ3n) is 6.27. The number of likely N-dealkylation sites (tertiary alicyclic amines) is 1. The first-order valence-electron chi connectivity index (χ1n) is 11.4. The molecule has 4 heterocycles. The summed E-state index contributed by atoms with van der Waals surface area (Å²) in [5, 5.41) is 1.42. The van der Waals surface area contributed by atoms with Crippen LogP contribution in [0, 0.1) is 0 Å². The van der Waals surface area contributed by atoms with Gasteiger partial charge in [-0.3, -0.25) is 14.2 Å². The van der Waals surface area contributed by atoms with Crippen molar-refractivity contribution in [3.8, 4) is 5.75 Å². The zero-order chi connectivity index (χ0) is 23.7. The van der Waals surface area contributed by atoms with Crippen LogP contribution < -0.4 is 10.3 Å². The highest BCUT2D eigenvalue weighted by molar-refractivity contribution is 7.99. The molecule has 0 N–H and O–H groups in total. The van der Waals surface area contributed by atoms with Crippen LogP contribution >= 0.6 is 23.1 Å². The van der Waals surface area contributed by atoms with Crippen molar-refractivity contribution in [1.29, 1.82) is 0 Å². The smallest absolute Gasteiger partial charge is 0.272 e. The monoisotopic (exact) mass is 494 g/mol. The van der Waals surface area contributed by atoms with Gasteiger partial charge in [0.15, 0.2) is 5.16 Å². The fourth-order valence-electron chi connectivity index (χ4n) is 4.38. The molecular formula is C25H26N4O3S2. The predicted molar refractivity (Wildman–Crippen MR) is 137 cm³/mol. The molecule has 1 aliphatic rings. The number of carbonyl (C=O) groups is 1. The number of nitrogens with zero attached hydrogens (tertiary/aromatic N) is 4. The lowest BCUT2D eigenvalue weighted by Gasteiger charge is -2.33. The molecule has 1 atom stereocenters. The zero-order valence-electron chi connectivity index (χ0n) is 19.2. The molecule has 5 rings (SSSR count). The average molecular weight is 495 g/mol. The summed E-state index contributed by atoms with van der Waals surface area (Å²) in [6.07, 6.45) is 4.97. The van der Waals surface area contributed by atoms with Crippen LogP contribution in [0.4, 0.5) is 0 Å². The van der Waals surface area contributed by atoms with Crippen molar-refractivity contribution < 1.29 is 9.53 Å². The van der Waals surface area contributed by atoms with Crippen molar-refractivity contribution in [3.05, 3.63) is 58.5 Å². The summed E-state index contributed by atoms with van der Waals surface area (Å²) in [4.78, 5) is 38.7. The van der Waals surface area contributed by atoms with Gasteiger partial charge >= 0.3 is 0 Å². The number of ether oxygens (including phenoxy) is 1. The van der Waals surface area contributed by atoms with Gasteiger partial charge in [0.2, 0.25) is 5.91 Å². The second-order valence-corrected chi connectivity index (χ2v) is 10.4. The summed E-state index contributed by atoms with van der Waals surface area (Å²) in [7, 11) is 1.63. The van der Waals surface area contributed by atoms with E-state index < -0.39 is 0 Å². The molecule has 1 aromatic carbocycles. The normalized spacial score (nSPS) is 16.3. The van der Waals surface area contributed by atoms with Gasteiger partial charge in [-0.1, -0.05) is 23.9 Å². The highest BCUT2D eigenvalue weighted by atomic mass is 32.2. The van der Waals surface area contributed by atoms with Gasteiger partial charge in [0.1, 0.15) is 15.3 Å². The summed E-state index contributed by atoms with van der Waals surface area (Å²) in [6, 6.07) is 11.7. The summed E-state index contributed by atoms with van der Waals surface area (Å²) < 4.78 is 7.52. The molecule has 3 aromatic heterocycles. The number of piperidine rings is 1. The maximum absolute atomic E-state index is 13.6. The van der Waals surface area contributed by atoms with Gasteiger partial charge in [0.05, 0.1) is 24.9 Å². The summed E-state index contributed by atoms with van der Waals surface area (Å²) in [6.45, 7) is 3.27. The minimum atomic E-state index is -0.106. The number of methoxy groups -OCH3 is 1. The van der Waals surface area contributed by atoms with Gasteiger partial charge in [-0.25, -0.2) is 9.97 Å². The number of hydrogen-bond donors (Lipinski definition) is 0. The number of thiophene rings is 1. The van der Waals surface area contributed by atoms with E-state index in [9.17, 15) is 9.59 Å². The second-order valence-electron chi connectivity index (χ2n) is 8.49. The van der Waals surface area contributed by atoms with Gasteiger partial charge in [-0.2, -0.15) is 0 Å². The summed E-state index contributed by atoms with van der Waals surface area (Å²) >= 11 is 2.70. The fraction of sp³-hybridized carbons (Fsp3) is 0.360. The Bertz CT molecular complexity index is 1400. The van der Waals surface area contributed by atoms with E-state index in [1.54, 1.807) is 17.9 Å². The molecule has 34 heavy (non-hydrogen) atoms. The fourth-order valence-corrected chi connectivity index (χ4v) is 6.29. The maximum Gasteiger partial charge on any atom is 0.272 e. The van der Waals surface area contributed by atoms with Crippen molar-refractivity contribution >= 4 is 49.4 Å². The van der Waals surface area contributed by atoms with Crippen LogP contribution in [0.5, 0.6) is 5.75 Å². The third-order valence-corrected chi connectivity index (χ3v) is 8.32. The molecule has 0 aliphatic carbocycles. The Balaban J connectivity index is 1.53. The van der Waals surface area contributed by atoms with Crippen molar-refractivity contribution in [1.82, 2.24) is 19.4 Å². The number of thioether (sulfide) groups is 1. The lowest BCUT2D eigenvalue weighted by Crippen LogP contribution is -2.43. The lowest BCUT2D eigenvalue weighted by molar-refractivity contribution is -0.131. The number of carbonyl (C=O) groups excluding carboxylic acids is 1. The molecule has 0 radical (unpaired) electrons. The number of rotatable bonds is 6. The van der Waals surface area contributed by atoms with Crippen molar-refractivity contribution in [3.63, 3.8) is 0 Å². The topological polar surface area (TPSA) is 77.3 Å². The zero-order valence-corrected chi connectivity index (χ0v) is 20.8. The Hall–Kier alpha value is -2.91. The summed E-state index contributed by atoms with van der Waals surface area (Å²) in [5.74, 6) is 1.11. The molecule has 0 bridgehead atoms. The van der Waals surface area contributed by atoms with Crippen LogP contribution in [0.25, 0.3) is 20.4 Å². The Morgan fingerprint density at radius 1 is 1.24 bits per heavy atom. The van der Waals surface area contributed by atoms with Crippen molar-refractivity contribution in [2.75, 3.05) is 19.4 Å². The second kappa shape index (κ2) is 9.76. The van der Waals surface area contributed by atoms with E-state index in [0.29, 0.717) is 21.9 Å². The predicted octanol–water partition coefficient (Wildman–Crippen LogP) is 4.56. The molecule has 176 valence electrons. The van der Waals surface area contributed by atoms with Crippen LogP contribution in [0.2, 0.25) is 0 Å². The highest BCUT2D eigenvalue weighted by Crippen LogP contribution is 2.31. The maximum atomic E-state index is 13.6. The molecule has 1 fully saturated rings. The molecule has 7 nitrogen and oxygen atoms in total. The van der Waals surface area contributed by atoms with Crippen molar-refractivity contribution in [2.45, 2.75) is 43.9 Å². The molecule has 0 saturated carbocycles. The Kier molecular flexibility index (Phi) is 6.56. The molecule has 4 aromatic rings. The lowest BCUT2D eigenvalue weighted by atomic mass is 10.0. The minimum Gasteiger partial charge on any atom is -0.497 e. The first-order chi connectivity index (χ1) is 16.5. The van der Waals surface area contributed by atoms with E-state index in [1.807, 2.05) is 41.3 Å². The Morgan fingerprint density at radius 3 is 2.82 bits per heavy atom. The molecule has 9 heteroatoms. The van der Waals surface area contributed by atoms with Gasteiger partial charge in [0.25, 0.3) is 5.56 Å². The molecule has 1 amide bonds. The van der Waals surface area contributed by atoms with Gasteiger partial charge in [-0.15, -0.1) is 11.3 Å². The SMILES string of the molecule is COc1ccc(Cn2c(SCC(=O)N3CCCC[C@@H]3C)nc3c(sc4ncccc43)c2=O)cc1. The first-order valence-corrected chi connectivity index (χ1v) is 13.2. The van der Waals surface area contributed by atoms with E-state index in [2.05, 4.69) is 11.9 Å². The number of hydrogen-bond acceptors (Lipinski definition) is 7. The van der Waals surface area contributed by atoms with Gasteiger partial charge in [-0.05, 0) is 56.0 Å². The molecule has 0 unspecified atom stereocenters. The first kappa shape index (κ1) is 22.9. The van der Waals surface area contributed by atoms with Crippen LogP contribution in [0.15, 0.2) is 52.5 Å². The van der Waals surface area contributed by atoms with E-state index in [0.717, 1.165) is 47.3 Å². The number of fused-ring (bicyclic) bond motifs is 3. The van der Waals surface area contributed by atoms with Crippen LogP contribution in [0.3, 0.4) is 0 Å². The number of aromatic nitrogens is 3. The van der Waals surface area contributed by atoms with Crippen LogP contribution in [0.1, 0.15) is 31.7 Å². The number of amides is 1. The third kappa shape index (κ3) is 4.42. The summed E-state index contributed by atoms with van der Waals surface area (Å²) in [5.41, 5.74) is 1.51. The van der Waals surface area contributed by atoms with E-state index in [1.165, 1.54) is 23.1 Å². The Morgan fingerprint density at radius 2 is 2.06 bits per heavy atom. The molecule has 0 spiro atoms. The quantitative estimate of drug-likeness (QED) is 0.289. The average Bonchev–Trinajstić information content (AvgIpc) is 3.24. The van der Waals surface area contributed by atoms with E-state index >= 15 is 0 Å². The molecule has 1 saturated heterocycles. The van der Waals surface area contributed by atoms with Crippen molar-refractivity contribution in [2.24, 2.45) is 0 Å². The number of pyridine rings is 1. The standard InChI is InChI=1S/C25H26N4O3S2/c1-16-6-3-4-13-28(16)20(30)15-33-25-27-21-19-7-5-12-26-23(19)34-22(21)24(31)29(25)14-17-8-10-18(32-2)11-9-17/h5,7-12,16H,3-4,6,13-15H2,1-2H3/t16-/m0/s1. The Labute approximate surface area is 205 Å². The van der Waals surface area contributed by atoms with Gasteiger partial charge < -0.3 is 9.64 Å². The van der Waals surface area contributed by atoms with Crippen LogP contribution in [-0.4, -0.2) is 50.8 Å². The van der Waals surface area contributed by atoms with Gasteiger partial charge in [0, 0.05) is 24.2 Å². The van der Waals surface area contributed by atoms with E-state index in [-0.39, 0.29) is 23.3 Å². The highest BCUT2D eigenvalue weighted by Gasteiger charge is 2.24. The minimum absolute atomic E-state index is 0.0967. The molecular weight excluding hydrogens is 468 g/mol. The van der Waals surface area contributed by atoms with Crippen LogP contribution in [-0.2, 0) is 11.3 Å². The largest absolute Gasteiger partial charge is 0.497 e.